The number of hydrogen-bond acceptors (Lipinski definition) is 5. The van der Waals surface area contributed by atoms with Crippen LogP contribution in [0.15, 0.2) is 58.3 Å². The van der Waals surface area contributed by atoms with Gasteiger partial charge < -0.3 is 5.73 Å². The molecule has 114 valence electrons. The Balaban J connectivity index is 2.05. The van der Waals surface area contributed by atoms with Crippen molar-refractivity contribution < 1.29 is 4.39 Å². The molecule has 0 bridgehead atoms. The van der Waals surface area contributed by atoms with Crippen LogP contribution in [0.2, 0.25) is 0 Å². The first-order valence-electron chi connectivity index (χ1n) is 7.00. The van der Waals surface area contributed by atoms with Crippen LogP contribution in [-0.4, -0.2) is 15.5 Å². The lowest BCUT2D eigenvalue weighted by atomic mass is 10.1. The molecule has 0 saturated carbocycles. The average Bonchev–Trinajstić information content (AvgIpc) is 2.54. The summed E-state index contributed by atoms with van der Waals surface area (Å²) in [5.74, 6) is 0.0477. The van der Waals surface area contributed by atoms with Crippen molar-refractivity contribution in [3.8, 4) is 0 Å². The van der Waals surface area contributed by atoms with Crippen LogP contribution in [0.1, 0.15) is 11.7 Å². The lowest BCUT2D eigenvalue weighted by Crippen LogP contribution is -2.34. The van der Waals surface area contributed by atoms with E-state index in [0.29, 0.717) is 16.5 Å². The molecule has 2 aromatic carbocycles. The molecule has 0 aliphatic carbocycles. The monoisotopic (exact) mass is 309 g/mol. The fourth-order valence-corrected chi connectivity index (χ4v) is 2.75. The highest BCUT2D eigenvalue weighted by Gasteiger charge is 2.24. The molecule has 7 heteroatoms. The number of rotatable bonds is 1. The Morgan fingerprint density at radius 2 is 2.00 bits per heavy atom. The fourth-order valence-electron chi connectivity index (χ4n) is 2.75. The van der Waals surface area contributed by atoms with Crippen molar-refractivity contribution in [1.29, 1.82) is 0 Å². The second-order valence-electron chi connectivity index (χ2n) is 5.20. The number of nitrogens with one attached hydrogen (secondary N) is 1. The highest BCUT2D eigenvalue weighted by atomic mass is 19.1. The molecule has 3 aromatic rings. The predicted octanol–water partition coefficient (Wildman–Crippen LogP) is 1.82. The van der Waals surface area contributed by atoms with E-state index in [1.54, 1.807) is 34.9 Å². The van der Waals surface area contributed by atoms with E-state index in [9.17, 15) is 9.18 Å². The zero-order valence-corrected chi connectivity index (χ0v) is 11.9. The minimum atomic E-state index is -0.597. The summed E-state index contributed by atoms with van der Waals surface area (Å²) < 4.78 is 15.3. The van der Waals surface area contributed by atoms with E-state index >= 15 is 0 Å². The van der Waals surface area contributed by atoms with E-state index in [0.717, 1.165) is 0 Å². The number of halogens is 1. The Kier molecular flexibility index (Phi) is 2.87. The van der Waals surface area contributed by atoms with Crippen LogP contribution < -0.4 is 16.6 Å². The molecule has 0 unspecified atom stereocenters. The Hall–Kier alpha value is -3.22. The van der Waals surface area contributed by atoms with Gasteiger partial charge in [0.25, 0.3) is 5.56 Å². The first kappa shape index (κ1) is 13.4. The molecule has 1 atom stereocenters. The minimum absolute atomic E-state index is 0.126. The molecular weight excluding hydrogens is 297 g/mol. The van der Waals surface area contributed by atoms with Gasteiger partial charge in [-0.1, -0.05) is 24.3 Å². The van der Waals surface area contributed by atoms with Gasteiger partial charge in [-0.2, -0.15) is 4.98 Å². The molecule has 4 rings (SSSR count). The number of fused-ring (bicyclic) bond motifs is 3. The van der Waals surface area contributed by atoms with Gasteiger partial charge in [-0.3, -0.25) is 14.7 Å². The van der Waals surface area contributed by atoms with Gasteiger partial charge in [0.1, 0.15) is 5.82 Å². The zero-order chi connectivity index (χ0) is 16.0. The van der Waals surface area contributed by atoms with Crippen molar-refractivity contribution in [3.05, 3.63) is 70.3 Å². The first-order valence-corrected chi connectivity index (χ1v) is 7.00. The highest BCUT2D eigenvalue weighted by Crippen LogP contribution is 2.29. The molecule has 23 heavy (non-hydrogen) atoms. The third kappa shape index (κ3) is 2.13. The van der Waals surface area contributed by atoms with Gasteiger partial charge >= 0.3 is 0 Å². The largest absolute Gasteiger partial charge is 0.370 e. The Morgan fingerprint density at radius 3 is 2.83 bits per heavy atom. The summed E-state index contributed by atoms with van der Waals surface area (Å²) in [5, 5.41) is 3.26. The molecule has 0 spiro atoms. The number of nitrogens with zero attached hydrogens (tertiary/aromatic N) is 3. The lowest BCUT2D eigenvalue weighted by Gasteiger charge is -2.27. The summed E-state index contributed by atoms with van der Waals surface area (Å²) in [6.07, 6.45) is -0.597. The van der Waals surface area contributed by atoms with Gasteiger partial charge in [0.2, 0.25) is 5.95 Å². The molecular formula is C16H12FN5O. The summed E-state index contributed by atoms with van der Waals surface area (Å²) in [6.45, 7) is 0. The maximum atomic E-state index is 13.6. The normalized spacial score (nSPS) is 16.6. The number of guanidine groups is 1. The van der Waals surface area contributed by atoms with Crippen LogP contribution >= 0.6 is 0 Å². The Bertz CT molecular complexity index is 1010. The lowest BCUT2D eigenvalue weighted by molar-refractivity contribution is 0.593. The van der Waals surface area contributed by atoms with E-state index in [4.69, 9.17) is 5.73 Å². The van der Waals surface area contributed by atoms with Crippen molar-refractivity contribution in [3.63, 3.8) is 0 Å². The zero-order valence-electron chi connectivity index (χ0n) is 11.9. The smallest absolute Gasteiger partial charge is 0.282 e. The molecule has 3 N–H and O–H groups in total. The van der Waals surface area contributed by atoms with Crippen LogP contribution in [0.25, 0.3) is 10.9 Å². The molecule has 1 aliphatic rings. The van der Waals surface area contributed by atoms with E-state index in [1.807, 2.05) is 6.07 Å². The third-order valence-electron chi connectivity index (χ3n) is 3.72. The molecule has 0 saturated heterocycles. The molecule has 6 nitrogen and oxygen atoms in total. The van der Waals surface area contributed by atoms with E-state index in [-0.39, 0.29) is 23.3 Å². The number of aromatic nitrogens is 2. The highest BCUT2D eigenvalue weighted by molar-refractivity contribution is 5.93. The minimum Gasteiger partial charge on any atom is -0.370 e. The van der Waals surface area contributed by atoms with Crippen LogP contribution in [0, 0.1) is 5.82 Å². The second kappa shape index (κ2) is 4.91. The first-order chi connectivity index (χ1) is 11.1. The third-order valence-corrected chi connectivity index (χ3v) is 3.72. The van der Waals surface area contributed by atoms with Crippen molar-refractivity contribution in [2.45, 2.75) is 6.17 Å². The van der Waals surface area contributed by atoms with Gasteiger partial charge in [0.05, 0.1) is 10.9 Å². The van der Waals surface area contributed by atoms with E-state index in [1.165, 1.54) is 12.1 Å². The molecule has 0 fully saturated rings. The number of benzene rings is 2. The maximum Gasteiger partial charge on any atom is 0.282 e. The number of hydrogen-bond donors (Lipinski definition) is 2. The Labute approximate surface area is 130 Å². The summed E-state index contributed by atoms with van der Waals surface area (Å²) in [7, 11) is 0. The molecule has 1 aromatic heterocycles. The summed E-state index contributed by atoms with van der Waals surface area (Å²) in [5.41, 5.74) is 6.71. The SMILES string of the molecule is NC1=N[C@@H](c2cccc(F)c2)n2c(nc(=O)c3ccccc32)N1. The molecule has 2 heterocycles. The van der Waals surface area contributed by atoms with Gasteiger partial charge in [-0.05, 0) is 29.8 Å². The molecule has 0 amide bonds. The van der Waals surface area contributed by atoms with Crippen molar-refractivity contribution in [2.75, 3.05) is 5.32 Å². The number of anilines is 1. The van der Waals surface area contributed by atoms with Crippen LogP contribution in [0.3, 0.4) is 0 Å². The fraction of sp³-hybridized carbons (Fsp3) is 0.0625. The number of aliphatic imine (C=N–C) groups is 1. The van der Waals surface area contributed by atoms with Crippen molar-refractivity contribution in [2.24, 2.45) is 10.7 Å². The Morgan fingerprint density at radius 1 is 1.17 bits per heavy atom. The topological polar surface area (TPSA) is 85.3 Å². The summed E-state index contributed by atoms with van der Waals surface area (Å²) >= 11 is 0. The summed E-state index contributed by atoms with van der Waals surface area (Å²) in [4.78, 5) is 20.5. The number of para-hydroxylation sites is 1. The van der Waals surface area contributed by atoms with E-state index in [2.05, 4.69) is 15.3 Å². The van der Waals surface area contributed by atoms with Crippen LogP contribution in [-0.2, 0) is 0 Å². The molecule has 1 aliphatic heterocycles. The van der Waals surface area contributed by atoms with Crippen LogP contribution in [0.5, 0.6) is 0 Å². The van der Waals surface area contributed by atoms with Gasteiger partial charge in [-0.15, -0.1) is 0 Å². The quantitative estimate of drug-likeness (QED) is 0.718. The van der Waals surface area contributed by atoms with Crippen LogP contribution in [0.4, 0.5) is 10.3 Å². The number of nitrogens with two attached hydrogens (primary N) is 1. The standard InChI is InChI=1S/C16H12FN5O/c17-10-5-3-4-9(8-10)13-19-15(18)21-16-20-14(23)11-6-1-2-7-12(11)22(13)16/h1-8,13H,(H3,18,19,20,21,23)/t13-/m1/s1. The van der Waals surface area contributed by atoms with Crippen molar-refractivity contribution >= 4 is 22.8 Å². The predicted molar refractivity (Wildman–Crippen MR) is 85.8 cm³/mol. The summed E-state index contributed by atoms with van der Waals surface area (Å²) in [6, 6.07) is 13.2. The second-order valence-corrected chi connectivity index (χ2v) is 5.20. The average molecular weight is 309 g/mol. The van der Waals surface area contributed by atoms with Gasteiger partial charge in [0, 0.05) is 0 Å². The maximum absolute atomic E-state index is 13.6. The van der Waals surface area contributed by atoms with Gasteiger partial charge in [-0.25, -0.2) is 9.38 Å². The van der Waals surface area contributed by atoms with Crippen molar-refractivity contribution in [1.82, 2.24) is 9.55 Å². The molecule has 0 radical (unpaired) electrons. The van der Waals surface area contributed by atoms with Gasteiger partial charge in [0.15, 0.2) is 12.1 Å². The van der Waals surface area contributed by atoms with E-state index < -0.39 is 6.17 Å².